The maximum Gasteiger partial charge on any atom is 0.343 e. The van der Waals surface area contributed by atoms with Crippen LogP contribution in [0.5, 0.6) is 17.2 Å². The molecule has 0 aliphatic heterocycles. The highest BCUT2D eigenvalue weighted by molar-refractivity contribution is 5.91. The molecule has 0 aromatic heterocycles. The Balaban J connectivity index is 1.67. The van der Waals surface area contributed by atoms with E-state index in [-0.39, 0.29) is 37.6 Å². The molecule has 0 heterocycles. The Morgan fingerprint density at radius 1 is 0.652 bits per heavy atom. The highest BCUT2D eigenvalue weighted by Crippen LogP contribution is 2.31. The van der Waals surface area contributed by atoms with E-state index in [0.29, 0.717) is 28.4 Å². The summed E-state index contributed by atoms with van der Waals surface area (Å²) in [6.45, 7) is 7.87. The molecule has 0 saturated heterocycles. The molecule has 10 heteroatoms. The van der Waals surface area contributed by atoms with Gasteiger partial charge in [-0.25, -0.2) is 14.4 Å². The van der Waals surface area contributed by atoms with Crippen LogP contribution in [0.3, 0.4) is 0 Å². The number of esters is 3. The van der Waals surface area contributed by atoms with Crippen LogP contribution in [0.1, 0.15) is 42.1 Å². The number of carbonyl (C=O) groups is 3. The van der Waals surface area contributed by atoms with Crippen LogP contribution < -0.4 is 14.2 Å². The first-order valence-corrected chi connectivity index (χ1v) is 15.0. The number of unbranched alkanes of at least 4 members (excludes halogenated alkanes) is 2. The van der Waals surface area contributed by atoms with Crippen molar-refractivity contribution in [3.8, 4) is 28.4 Å². The summed E-state index contributed by atoms with van der Waals surface area (Å²) in [7, 11) is 0. The molecule has 0 aliphatic carbocycles. The maximum atomic E-state index is 12.7. The Labute approximate surface area is 268 Å². The third-order valence-corrected chi connectivity index (χ3v) is 6.67. The largest absolute Gasteiger partial charge is 0.490 e. The molecule has 0 bridgehead atoms. The van der Waals surface area contributed by atoms with Gasteiger partial charge in [0.2, 0.25) is 0 Å². The third kappa shape index (κ3) is 11.5. The summed E-state index contributed by atoms with van der Waals surface area (Å²) in [4.78, 5) is 36.2. The predicted molar refractivity (Wildman–Crippen MR) is 172 cm³/mol. The van der Waals surface area contributed by atoms with E-state index in [1.807, 2.05) is 12.1 Å². The average Bonchev–Trinajstić information content (AvgIpc) is 3.08. The first kappa shape index (κ1) is 35.5. The van der Waals surface area contributed by atoms with Crippen LogP contribution in [0, 0.1) is 0 Å². The summed E-state index contributed by atoms with van der Waals surface area (Å²) >= 11 is 0. The van der Waals surface area contributed by atoms with Gasteiger partial charge in [-0.3, -0.25) is 0 Å². The molecule has 0 radical (unpaired) electrons. The lowest BCUT2D eigenvalue weighted by Crippen LogP contribution is -2.15. The van der Waals surface area contributed by atoms with Crippen molar-refractivity contribution < 1.29 is 48.3 Å². The van der Waals surface area contributed by atoms with E-state index in [9.17, 15) is 14.4 Å². The molecule has 2 N–H and O–H groups in total. The van der Waals surface area contributed by atoms with Gasteiger partial charge in [-0.1, -0.05) is 57.2 Å². The van der Waals surface area contributed by atoms with Crippen LogP contribution >= 0.6 is 0 Å². The first-order chi connectivity index (χ1) is 22.2. The van der Waals surface area contributed by atoms with E-state index in [2.05, 4.69) is 20.1 Å². The predicted octanol–water partition coefficient (Wildman–Crippen LogP) is 5.25. The number of hydrogen-bond acceptors (Lipinski definition) is 10. The smallest absolute Gasteiger partial charge is 0.343 e. The number of carbonyl (C=O) groups excluding carboxylic acids is 3. The Kier molecular flexibility index (Phi) is 14.5. The molecule has 0 fully saturated rings. The monoisotopic (exact) mass is 632 g/mol. The van der Waals surface area contributed by atoms with Crippen molar-refractivity contribution in [2.75, 3.05) is 39.6 Å². The van der Waals surface area contributed by atoms with Gasteiger partial charge in [0.15, 0.2) is 0 Å². The van der Waals surface area contributed by atoms with Crippen molar-refractivity contribution in [3.05, 3.63) is 102 Å². The molecular formula is C36H40O10. The van der Waals surface area contributed by atoms with Gasteiger partial charge in [0.05, 0.1) is 29.9 Å². The Morgan fingerprint density at radius 3 is 1.70 bits per heavy atom. The lowest BCUT2D eigenvalue weighted by Gasteiger charge is -2.14. The van der Waals surface area contributed by atoms with E-state index < -0.39 is 31.1 Å². The van der Waals surface area contributed by atoms with E-state index >= 15 is 0 Å². The standard InChI is InChI=1S/C36H40O10/c1-4-5-6-7-27-8-10-29(11-9-27)36(41)46-31-14-12-28(13-15-31)30-20-32(42-16-18-44-34(39)25(2)23-37)22-33(21-30)43-17-19-45-35(40)26(3)24-38/h8-15,20-22,37-38H,2-7,16-19,23-24H2,1H3. The van der Waals surface area contributed by atoms with E-state index in [0.717, 1.165) is 24.8 Å². The molecule has 0 unspecified atom stereocenters. The van der Waals surface area contributed by atoms with Crippen molar-refractivity contribution in [2.24, 2.45) is 0 Å². The molecule has 0 saturated carbocycles. The minimum Gasteiger partial charge on any atom is -0.490 e. The topological polar surface area (TPSA) is 138 Å². The molecule has 244 valence electrons. The van der Waals surface area contributed by atoms with Crippen molar-refractivity contribution in [1.82, 2.24) is 0 Å². The molecule has 0 aliphatic rings. The molecule has 46 heavy (non-hydrogen) atoms. The van der Waals surface area contributed by atoms with Crippen LogP contribution in [0.4, 0.5) is 0 Å². The minimum atomic E-state index is -0.720. The number of aliphatic hydroxyl groups excluding tert-OH is 2. The number of aliphatic hydroxyl groups is 2. The SMILES string of the molecule is C=C(CO)C(=O)OCCOc1cc(OCCOC(=O)C(=C)CO)cc(-c2ccc(OC(=O)c3ccc(CCCCC)cc3)cc2)c1. The normalized spacial score (nSPS) is 10.5. The fourth-order valence-corrected chi connectivity index (χ4v) is 4.09. The summed E-state index contributed by atoms with van der Waals surface area (Å²) in [6, 6.07) is 19.5. The fraction of sp³-hybridized carbons (Fsp3) is 0.306. The van der Waals surface area contributed by atoms with Gasteiger partial charge in [0.25, 0.3) is 0 Å². The molecule has 3 rings (SSSR count). The van der Waals surface area contributed by atoms with E-state index in [1.54, 1.807) is 54.6 Å². The summed E-state index contributed by atoms with van der Waals surface area (Å²) in [5, 5.41) is 18.0. The second-order valence-corrected chi connectivity index (χ2v) is 10.3. The van der Waals surface area contributed by atoms with Crippen LogP contribution in [-0.2, 0) is 25.5 Å². The third-order valence-electron chi connectivity index (χ3n) is 6.67. The van der Waals surface area contributed by atoms with Crippen molar-refractivity contribution in [2.45, 2.75) is 32.6 Å². The molecule has 10 nitrogen and oxygen atoms in total. The lowest BCUT2D eigenvalue weighted by atomic mass is 10.0. The zero-order chi connectivity index (χ0) is 33.3. The number of rotatable bonds is 19. The summed E-state index contributed by atoms with van der Waals surface area (Å²) in [6.07, 6.45) is 4.42. The number of benzene rings is 3. The van der Waals surface area contributed by atoms with Gasteiger partial charge >= 0.3 is 17.9 Å². The van der Waals surface area contributed by atoms with Crippen LogP contribution in [0.15, 0.2) is 91.0 Å². The van der Waals surface area contributed by atoms with Gasteiger partial charge < -0.3 is 33.9 Å². The molecule has 0 amide bonds. The zero-order valence-electron chi connectivity index (χ0n) is 26.0. The molecule has 3 aromatic carbocycles. The van der Waals surface area contributed by atoms with E-state index in [1.165, 1.54) is 12.0 Å². The van der Waals surface area contributed by atoms with E-state index in [4.69, 9.17) is 33.9 Å². The molecule has 0 atom stereocenters. The quantitative estimate of drug-likeness (QED) is 0.0780. The average molecular weight is 633 g/mol. The maximum absolute atomic E-state index is 12.7. The Hall–Kier alpha value is -4.93. The van der Waals surface area contributed by atoms with Gasteiger partial charge in [0.1, 0.15) is 43.7 Å². The molecule has 3 aromatic rings. The highest BCUT2D eigenvalue weighted by atomic mass is 16.6. The molecular weight excluding hydrogens is 592 g/mol. The van der Waals surface area contributed by atoms with Gasteiger partial charge in [-0.05, 0) is 65.9 Å². The minimum absolute atomic E-state index is 0.0167. The number of ether oxygens (including phenoxy) is 5. The highest BCUT2D eigenvalue weighted by Gasteiger charge is 2.12. The first-order valence-electron chi connectivity index (χ1n) is 15.0. The lowest BCUT2D eigenvalue weighted by molar-refractivity contribution is -0.141. The fourth-order valence-electron chi connectivity index (χ4n) is 4.09. The van der Waals surface area contributed by atoms with Crippen LogP contribution in [0.25, 0.3) is 11.1 Å². The Bertz CT molecular complexity index is 1420. The second-order valence-electron chi connectivity index (χ2n) is 10.3. The van der Waals surface area contributed by atoms with Crippen LogP contribution in [-0.4, -0.2) is 67.8 Å². The van der Waals surface area contributed by atoms with Crippen LogP contribution in [0.2, 0.25) is 0 Å². The van der Waals surface area contributed by atoms with Crippen molar-refractivity contribution in [3.63, 3.8) is 0 Å². The Morgan fingerprint density at radius 2 is 1.20 bits per heavy atom. The van der Waals surface area contributed by atoms with Crippen molar-refractivity contribution >= 4 is 17.9 Å². The van der Waals surface area contributed by atoms with Crippen molar-refractivity contribution in [1.29, 1.82) is 0 Å². The number of aryl methyl sites for hydroxylation is 1. The summed E-state index contributed by atoms with van der Waals surface area (Å²) < 4.78 is 27.2. The zero-order valence-corrected chi connectivity index (χ0v) is 26.0. The summed E-state index contributed by atoms with van der Waals surface area (Å²) in [5.41, 5.74) is 3.00. The molecule has 0 spiro atoms. The van der Waals surface area contributed by atoms with Gasteiger partial charge in [-0.2, -0.15) is 0 Å². The van der Waals surface area contributed by atoms with Gasteiger partial charge in [0, 0.05) is 6.07 Å². The summed E-state index contributed by atoms with van der Waals surface area (Å²) in [5.74, 6) is -0.703. The second kappa shape index (κ2) is 18.8. The number of hydrogen-bond donors (Lipinski definition) is 2. The van der Waals surface area contributed by atoms with Gasteiger partial charge in [-0.15, -0.1) is 0 Å².